The van der Waals surface area contributed by atoms with Crippen molar-refractivity contribution in [3.05, 3.63) is 18.5 Å². The molecule has 0 radical (unpaired) electrons. The molecule has 1 aromatic rings. The van der Waals surface area contributed by atoms with Crippen LogP contribution < -0.4 is 10.6 Å². The van der Waals surface area contributed by atoms with Gasteiger partial charge in [-0.15, -0.1) is 0 Å². The first-order valence-electron chi connectivity index (χ1n) is 5.82. The van der Waals surface area contributed by atoms with E-state index in [0.717, 1.165) is 32.5 Å². The third kappa shape index (κ3) is 3.34. The lowest BCUT2D eigenvalue weighted by atomic mass is 10.1. The van der Waals surface area contributed by atoms with Crippen LogP contribution in [0, 0.1) is 0 Å². The number of hydrogen-bond donors (Lipinski definition) is 2. The second-order valence-corrected chi connectivity index (χ2v) is 4.12. The van der Waals surface area contributed by atoms with E-state index in [9.17, 15) is 4.79 Å². The Balaban J connectivity index is 1.70. The molecule has 2 rings (SSSR count). The zero-order chi connectivity index (χ0) is 11.2. The van der Waals surface area contributed by atoms with E-state index < -0.39 is 0 Å². The lowest BCUT2D eigenvalue weighted by Crippen LogP contribution is -2.34. The van der Waals surface area contributed by atoms with Crippen LogP contribution in [0.5, 0.6) is 0 Å². The molecule has 1 fully saturated rings. The van der Waals surface area contributed by atoms with Crippen molar-refractivity contribution in [1.29, 1.82) is 0 Å². The first-order chi connectivity index (χ1) is 7.84. The molecule has 2 heterocycles. The molecule has 0 aromatic carbocycles. The Bertz CT molecular complexity index is 323. The average molecular weight is 222 g/mol. The lowest BCUT2D eigenvalue weighted by Gasteiger charge is -2.14. The summed E-state index contributed by atoms with van der Waals surface area (Å²) < 4.78 is 1.89. The number of carbonyl (C=O) groups is 1. The number of nitrogens with one attached hydrogen (secondary N) is 2. The summed E-state index contributed by atoms with van der Waals surface area (Å²) >= 11 is 0. The van der Waals surface area contributed by atoms with E-state index >= 15 is 0 Å². The van der Waals surface area contributed by atoms with Crippen LogP contribution in [0.25, 0.3) is 0 Å². The van der Waals surface area contributed by atoms with Crippen molar-refractivity contribution in [2.24, 2.45) is 0 Å². The van der Waals surface area contributed by atoms with Crippen LogP contribution >= 0.6 is 0 Å². The fraction of sp³-hybridized carbons (Fsp3) is 0.636. The van der Waals surface area contributed by atoms with E-state index in [-0.39, 0.29) is 5.91 Å². The molecular weight excluding hydrogens is 204 g/mol. The first kappa shape index (κ1) is 11.1. The van der Waals surface area contributed by atoms with Gasteiger partial charge in [-0.3, -0.25) is 9.48 Å². The Labute approximate surface area is 95.2 Å². The minimum atomic E-state index is 0.161. The van der Waals surface area contributed by atoms with Crippen LogP contribution in [-0.2, 0) is 11.3 Å². The van der Waals surface area contributed by atoms with E-state index in [2.05, 4.69) is 15.7 Å². The van der Waals surface area contributed by atoms with Crippen molar-refractivity contribution in [1.82, 2.24) is 20.4 Å². The molecule has 5 nitrogen and oxygen atoms in total. The van der Waals surface area contributed by atoms with E-state index in [1.165, 1.54) is 0 Å². The van der Waals surface area contributed by atoms with Gasteiger partial charge < -0.3 is 10.6 Å². The molecular formula is C11H18N4O. The number of aromatic nitrogens is 2. The molecule has 5 heteroatoms. The van der Waals surface area contributed by atoms with E-state index in [0.29, 0.717) is 12.5 Å². The van der Waals surface area contributed by atoms with Gasteiger partial charge in [0.25, 0.3) is 0 Å². The highest BCUT2D eigenvalue weighted by molar-refractivity contribution is 5.76. The molecule has 1 aromatic heterocycles. The zero-order valence-corrected chi connectivity index (χ0v) is 9.35. The van der Waals surface area contributed by atoms with Crippen LogP contribution in [0.1, 0.15) is 19.3 Å². The Morgan fingerprint density at radius 2 is 2.56 bits per heavy atom. The maximum Gasteiger partial charge on any atom is 0.221 e. The lowest BCUT2D eigenvalue weighted by molar-refractivity contribution is -0.121. The number of nitrogens with zero attached hydrogens (tertiary/aromatic N) is 2. The summed E-state index contributed by atoms with van der Waals surface area (Å²) in [5.74, 6) is 0.161. The Morgan fingerprint density at radius 1 is 1.62 bits per heavy atom. The van der Waals surface area contributed by atoms with Crippen LogP contribution in [0.2, 0.25) is 0 Å². The molecule has 0 saturated carbocycles. The second-order valence-electron chi connectivity index (χ2n) is 4.12. The van der Waals surface area contributed by atoms with Crippen molar-refractivity contribution in [3.8, 4) is 0 Å². The van der Waals surface area contributed by atoms with Gasteiger partial charge in [0.15, 0.2) is 0 Å². The Morgan fingerprint density at radius 3 is 3.38 bits per heavy atom. The van der Waals surface area contributed by atoms with Crippen LogP contribution in [0.3, 0.4) is 0 Å². The monoisotopic (exact) mass is 222 g/mol. The van der Waals surface area contributed by atoms with Gasteiger partial charge in [0, 0.05) is 37.9 Å². The van der Waals surface area contributed by atoms with E-state index in [4.69, 9.17) is 0 Å². The summed E-state index contributed by atoms with van der Waals surface area (Å²) in [5, 5.41) is 10.4. The third-order valence-electron chi connectivity index (χ3n) is 2.82. The van der Waals surface area contributed by atoms with Gasteiger partial charge in [0.1, 0.15) is 0 Å². The molecule has 0 spiro atoms. The molecule has 1 saturated heterocycles. The predicted molar refractivity (Wildman–Crippen MR) is 60.9 cm³/mol. The minimum Gasteiger partial charge on any atom is -0.356 e. The van der Waals surface area contributed by atoms with Gasteiger partial charge in [-0.25, -0.2) is 0 Å². The van der Waals surface area contributed by atoms with Crippen LogP contribution in [0.4, 0.5) is 0 Å². The molecule has 1 atom stereocenters. The summed E-state index contributed by atoms with van der Waals surface area (Å²) in [6.45, 7) is 2.53. The fourth-order valence-corrected chi connectivity index (χ4v) is 1.96. The van der Waals surface area contributed by atoms with Gasteiger partial charge in [-0.2, -0.15) is 5.10 Å². The van der Waals surface area contributed by atoms with Crippen molar-refractivity contribution in [2.45, 2.75) is 31.8 Å². The highest BCUT2D eigenvalue weighted by Crippen LogP contribution is 2.05. The van der Waals surface area contributed by atoms with Gasteiger partial charge in [-0.1, -0.05) is 0 Å². The summed E-state index contributed by atoms with van der Waals surface area (Å²) in [4.78, 5) is 11.3. The van der Waals surface area contributed by atoms with E-state index in [1.54, 1.807) is 6.20 Å². The summed E-state index contributed by atoms with van der Waals surface area (Å²) in [6, 6.07) is 2.23. The third-order valence-corrected chi connectivity index (χ3v) is 2.82. The topological polar surface area (TPSA) is 59.0 Å². The normalized spacial score (nSPS) is 21.5. The fourth-order valence-electron chi connectivity index (χ4n) is 1.96. The molecule has 1 unspecified atom stereocenters. The number of amides is 1. The first-order valence-corrected chi connectivity index (χ1v) is 5.82. The standard InChI is InChI=1S/C11H18N4O/c16-11-9-10(3-1-4-13-11)12-6-8-15-7-2-5-14-15/h2,5,7,10,12H,1,3-4,6,8-9H2,(H,13,16). The molecule has 1 aliphatic heterocycles. The summed E-state index contributed by atoms with van der Waals surface area (Å²) in [6.07, 6.45) is 6.45. The molecule has 1 aliphatic rings. The van der Waals surface area contributed by atoms with E-state index in [1.807, 2.05) is 16.9 Å². The van der Waals surface area contributed by atoms with Crippen LogP contribution in [-0.4, -0.2) is 34.8 Å². The highest BCUT2D eigenvalue weighted by atomic mass is 16.1. The largest absolute Gasteiger partial charge is 0.356 e. The summed E-state index contributed by atoms with van der Waals surface area (Å²) in [7, 11) is 0. The molecule has 2 N–H and O–H groups in total. The van der Waals surface area contributed by atoms with Crippen molar-refractivity contribution < 1.29 is 4.79 Å². The minimum absolute atomic E-state index is 0.161. The molecule has 16 heavy (non-hydrogen) atoms. The Hall–Kier alpha value is -1.36. The smallest absolute Gasteiger partial charge is 0.221 e. The highest BCUT2D eigenvalue weighted by Gasteiger charge is 2.16. The quantitative estimate of drug-likeness (QED) is 0.762. The number of carbonyl (C=O) groups excluding carboxylic acids is 1. The molecule has 0 aliphatic carbocycles. The Kier molecular flexibility index (Phi) is 3.93. The van der Waals surface area contributed by atoms with Crippen molar-refractivity contribution >= 4 is 5.91 Å². The number of rotatable bonds is 4. The molecule has 1 amide bonds. The van der Waals surface area contributed by atoms with Crippen molar-refractivity contribution in [2.75, 3.05) is 13.1 Å². The van der Waals surface area contributed by atoms with Gasteiger partial charge >= 0.3 is 0 Å². The second kappa shape index (κ2) is 5.65. The number of hydrogen-bond acceptors (Lipinski definition) is 3. The average Bonchev–Trinajstić information content (AvgIpc) is 2.69. The maximum absolute atomic E-state index is 11.3. The summed E-state index contributed by atoms with van der Waals surface area (Å²) in [5.41, 5.74) is 0. The van der Waals surface area contributed by atoms with Gasteiger partial charge in [-0.05, 0) is 18.9 Å². The molecule has 0 bridgehead atoms. The maximum atomic E-state index is 11.3. The predicted octanol–water partition coefficient (Wildman–Crippen LogP) is 0.141. The molecule has 88 valence electrons. The SMILES string of the molecule is O=C1CC(NCCn2cccn2)CCCN1. The van der Waals surface area contributed by atoms with Crippen LogP contribution in [0.15, 0.2) is 18.5 Å². The van der Waals surface area contributed by atoms with Crippen molar-refractivity contribution in [3.63, 3.8) is 0 Å². The zero-order valence-electron chi connectivity index (χ0n) is 9.35. The van der Waals surface area contributed by atoms with Gasteiger partial charge in [0.05, 0.1) is 6.54 Å². The van der Waals surface area contributed by atoms with Gasteiger partial charge in [0.2, 0.25) is 5.91 Å².